The van der Waals surface area contributed by atoms with E-state index in [-0.39, 0.29) is 11.8 Å². The Labute approximate surface area is 129 Å². The maximum absolute atomic E-state index is 11.9. The average Bonchev–Trinajstić information content (AvgIpc) is 2.53. The molecule has 22 heavy (non-hydrogen) atoms. The molecule has 0 saturated heterocycles. The highest BCUT2D eigenvalue weighted by atomic mass is 16.5. The van der Waals surface area contributed by atoms with Gasteiger partial charge in [0.25, 0.3) is 11.8 Å². The van der Waals surface area contributed by atoms with E-state index in [0.717, 1.165) is 5.56 Å². The van der Waals surface area contributed by atoms with Gasteiger partial charge >= 0.3 is 0 Å². The number of hydrazine groups is 1. The van der Waals surface area contributed by atoms with Gasteiger partial charge in [-0.25, -0.2) is 0 Å². The minimum Gasteiger partial charge on any atom is -0.494 e. The van der Waals surface area contributed by atoms with Crippen LogP contribution in [0.4, 0.5) is 0 Å². The average molecular weight is 298 g/mol. The van der Waals surface area contributed by atoms with Crippen molar-refractivity contribution in [2.45, 2.75) is 13.8 Å². The first kappa shape index (κ1) is 15.6. The Bertz CT molecular complexity index is 666. The lowest BCUT2D eigenvalue weighted by Crippen LogP contribution is -2.41. The van der Waals surface area contributed by atoms with Crippen LogP contribution in [0.2, 0.25) is 0 Å². The molecular formula is C17H18N2O3. The first-order chi connectivity index (χ1) is 10.6. The molecule has 0 spiro atoms. The van der Waals surface area contributed by atoms with Crippen LogP contribution in [0.5, 0.6) is 5.75 Å². The Morgan fingerprint density at radius 3 is 2.18 bits per heavy atom. The molecule has 2 amide bonds. The fourth-order valence-corrected chi connectivity index (χ4v) is 1.91. The number of nitrogens with one attached hydrogen (secondary N) is 2. The summed E-state index contributed by atoms with van der Waals surface area (Å²) < 4.78 is 5.31. The summed E-state index contributed by atoms with van der Waals surface area (Å²) in [6.07, 6.45) is 0. The molecule has 2 aromatic rings. The molecule has 5 nitrogen and oxygen atoms in total. The van der Waals surface area contributed by atoms with E-state index in [1.165, 1.54) is 0 Å². The number of aryl methyl sites for hydroxylation is 1. The number of hydrogen-bond donors (Lipinski definition) is 2. The third-order valence-corrected chi connectivity index (χ3v) is 3.00. The summed E-state index contributed by atoms with van der Waals surface area (Å²) in [5, 5.41) is 0. The Hall–Kier alpha value is -2.82. The van der Waals surface area contributed by atoms with Crippen molar-refractivity contribution in [2.75, 3.05) is 6.61 Å². The lowest BCUT2D eigenvalue weighted by Gasteiger charge is -2.08. The third kappa shape index (κ3) is 4.09. The lowest BCUT2D eigenvalue weighted by molar-refractivity contribution is 0.0846. The van der Waals surface area contributed by atoms with Crippen LogP contribution >= 0.6 is 0 Å². The minimum absolute atomic E-state index is 0.358. The molecule has 114 valence electrons. The molecule has 0 fully saturated rings. The normalized spacial score (nSPS) is 9.91. The second-order valence-electron chi connectivity index (χ2n) is 4.74. The third-order valence-electron chi connectivity index (χ3n) is 3.00. The van der Waals surface area contributed by atoms with Crippen LogP contribution in [-0.2, 0) is 0 Å². The van der Waals surface area contributed by atoms with Crippen LogP contribution in [0.1, 0.15) is 33.2 Å². The van der Waals surface area contributed by atoms with Gasteiger partial charge in [0.2, 0.25) is 0 Å². The second-order valence-corrected chi connectivity index (χ2v) is 4.74. The van der Waals surface area contributed by atoms with Gasteiger partial charge in [-0.2, -0.15) is 0 Å². The van der Waals surface area contributed by atoms with Gasteiger partial charge in [-0.05, 0) is 50.2 Å². The van der Waals surface area contributed by atoms with Crippen molar-refractivity contribution in [3.05, 3.63) is 65.2 Å². The maximum atomic E-state index is 11.9. The Balaban J connectivity index is 1.93. The molecular weight excluding hydrogens is 280 g/mol. The van der Waals surface area contributed by atoms with Crippen molar-refractivity contribution in [1.29, 1.82) is 0 Å². The molecule has 0 unspecified atom stereocenters. The fourth-order valence-electron chi connectivity index (χ4n) is 1.91. The molecule has 0 aliphatic carbocycles. The molecule has 0 radical (unpaired) electrons. The number of benzene rings is 2. The molecule has 2 rings (SSSR count). The first-order valence-electron chi connectivity index (χ1n) is 7.00. The van der Waals surface area contributed by atoms with Crippen LogP contribution in [-0.4, -0.2) is 18.4 Å². The van der Waals surface area contributed by atoms with Crippen molar-refractivity contribution in [3.63, 3.8) is 0 Å². The van der Waals surface area contributed by atoms with Gasteiger partial charge in [0.15, 0.2) is 0 Å². The molecule has 0 bridgehead atoms. The van der Waals surface area contributed by atoms with E-state index < -0.39 is 0 Å². The number of ether oxygens (including phenoxy) is 1. The van der Waals surface area contributed by atoms with Gasteiger partial charge in [0.05, 0.1) is 6.61 Å². The van der Waals surface area contributed by atoms with E-state index >= 15 is 0 Å². The van der Waals surface area contributed by atoms with Crippen LogP contribution in [0.25, 0.3) is 0 Å². The molecule has 2 aromatic carbocycles. The molecule has 0 aliphatic rings. The summed E-state index contributed by atoms with van der Waals surface area (Å²) in [5.74, 6) is -0.0464. The van der Waals surface area contributed by atoms with Gasteiger partial charge in [-0.1, -0.05) is 17.7 Å². The largest absolute Gasteiger partial charge is 0.494 e. The van der Waals surface area contributed by atoms with Gasteiger partial charge in [-0.15, -0.1) is 0 Å². The lowest BCUT2D eigenvalue weighted by atomic mass is 10.1. The Morgan fingerprint density at radius 2 is 1.59 bits per heavy atom. The maximum Gasteiger partial charge on any atom is 0.269 e. The number of amides is 2. The topological polar surface area (TPSA) is 67.4 Å². The number of hydrogen-bond acceptors (Lipinski definition) is 3. The van der Waals surface area contributed by atoms with Crippen molar-refractivity contribution in [1.82, 2.24) is 10.9 Å². The van der Waals surface area contributed by atoms with E-state index in [2.05, 4.69) is 10.9 Å². The zero-order valence-electron chi connectivity index (χ0n) is 12.6. The number of carbonyl (C=O) groups excluding carboxylic acids is 2. The second kappa shape index (κ2) is 7.26. The van der Waals surface area contributed by atoms with Crippen LogP contribution < -0.4 is 15.6 Å². The molecule has 5 heteroatoms. The smallest absolute Gasteiger partial charge is 0.269 e. The molecule has 0 saturated carbocycles. The summed E-state index contributed by atoms with van der Waals surface area (Å²) in [5.41, 5.74) is 6.69. The predicted octanol–water partition coefficient (Wildman–Crippen LogP) is 2.47. The van der Waals surface area contributed by atoms with Crippen molar-refractivity contribution in [2.24, 2.45) is 0 Å². The van der Waals surface area contributed by atoms with Gasteiger partial charge < -0.3 is 4.74 Å². The summed E-state index contributed by atoms with van der Waals surface area (Å²) >= 11 is 0. The molecule has 0 aromatic heterocycles. The van der Waals surface area contributed by atoms with E-state index in [1.807, 2.05) is 19.9 Å². The van der Waals surface area contributed by atoms with Crippen molar-refractivity contribution < 1.29 is 14.3 Å². The van der Waals surface area contributed by atoms with Gasteiger partial charge in [-0.3, -0.25) is 20.4 Å². The zero-order chi connectivity index (χ0) is 15.9. The Morgan fingerprint density at radius 1 is 0.955 bits per heavy atom. The van der Waals surface area contributed by atoms with Gasteiger partial charge in [0, 0.05) is 11.1 Å². The van der Waals surface area contributed by atoms with E-state index in [1.54, 1.807) is 42.5 Å². The summed E-state index contributed by atoms with van der Waals surface area (Å²) in [4.78, 5) is 23.9. The molecule has 0 aliphatic heterocycles. The first-order valence-corrected chi connectivity index (χ1v) is 7.00. The van der Waals surface area contributed by atoms with Crippen LogP contribution in [0, 0.1) is 6.92 Å². The molecule has 0 atom stereocenters. The SMILES string of the molecule is CCOc1ccc(C(=O)NNC(=O)c2cccc(C)c2)cc1. The zero-order valence-corrected chi connectivity index (χ0v) is 12.6. The van der Waals surface area contributed by atoms with Gasteiger partial charge in [0.1, 0.15) is 5.75 Å². The fraction of sp³-hybridized carbons (Fsp3) is 0.176. The van der Waals surface area contributed by atoms with Crippen LogP contribution in [0.15, 0.2) is 48.5 Å². The van der Waals surface area contributed by atoms with Crippen molar-refractivity contribution >= 4 is 11.8 Å². The molecule has 2 N–H and O–H groups in total. The number of carbonyl (C=O) groups is 2. The highest BCUT2D eigenvalue weighted by Crippen LogP contribution is 2.11. The highest BCUT2D eigenvalue weighted by Gasteiger charge is 2.09. The summed E-state index contributed by atoms with van der Waals surface area (Å²) in [6.45, 7) is 4.36. The predicted molar refractivity (Wildman–Crippen MR) is 83.7 cm³/mol. The van der Waals surface area contributed by atoms with Crippen molar-refractivity contribution in [3.8, 4) is 5.75 Å². The van der Waals surface area contributed by atoms with E-state index in [9.17, 15) is 9.59 Å². The Kier molecular flexibility index (Phi) is 5.14. The van der Waals surface area contributed by atoms with Crippen LogP contribution in [0.3, 0.4) is 0 Å². The summed E-state index contributed by atoms with van der Waals surface area (Å²) in [6, 6.07) is 13.8. The minimum atomic E-state index is -0.385. The monoisotopic (exact) mass is 298 g/mol. The highest BCUT2D eigenvalue weighted by molar-refractivity contribution is 5.99. The number of rotatable bonds is 4. The molecule has 0 heterocycles. The van der Waals surface area contributed by atoms with E-state index in [0.29, 0.717) is 23.5 Å². The van der Waals surface area contributed by atoms with E-state index in [4.69, 9.17) is 4.74 Å². The quantitative estimate of drug-likeness (QED) is 0.852. The standard InChI is InChI=1S/C17H18N2O3/c1-3-22-15-9-7-13(8-10-15)16(20)18-19-17(21)14-6-4-5-12(2)11-14/h4-11H,3H2,1-2H3,(H,18,20)(H,19,21). The summed E-state index contributed by atoms with van der Waals surface area (Å²) in [7, 11) is 0.